The molecule has 1 N–H and O–H groups in total. The summed E-state index contributed by atoms with van der Waals surface area (Å²) in [5, 5.41) is 2.65. The number of carbonyl (C=O) groups is 1. The molecule has 1 aromatic carbocycles. The van der Waals surface area contributed by atoms with Crippen molar-refractivity contribution in [2.75, 3.05) is 0 Å². The third kappa shape index (κ3) is 4.71. The summed E-state index contributed by atoms with van der Waals surface area (Å²) in [6.07, 6.45) is 2.75. The van der Waals surface area contributed by atoms with Gasteiger partial charge in [0, 0.05) is 6.20 Å². The SMILES string of the molecule is Cc1ccc(S(=O)n2ccc3nc(CNC(=O)OC(C)(C)C)cnc32)cc1. The summed E-state index contributed by atoms with van der Waals surface area (Å²) < 4.78 is 19.6. The molecule has 0 bridgehead atoms. The summed E-state index contributed by atoms with van der Waals surface area (Å²) in [5.74, 6) is 0. The number of hydrogen-bond acceptors (Lipinski definition) is 5. The van der Waals surface area contributed by atoms with E-state index in [4.69, 9.17) is 4.74 Å². The van der Waals surface area contributed by atoms with E-state index in [0.717, 1.165) is 5.56 Å². The van der Waals surface area contributed by atoms with Crippen molar-refractivity contribution in [1.82, 2.24) is 19.3 Å². The van der Waals surface area contributed by atoms with Crippen LogP contribution in [-0.4, -0.2) is 29.8 Å². The van der Waals surface area contributed by atoms with Crippen LogP contribution >= 0.6 is 0 Å². The Morgan fingerprint density at radius 2 is 1.93 bits per heavy atom. The fraction of sp³-hybridized carbons (Fsp3) is 0.316. The van der Waals surface area contributed by atoms with Gasteiger partial charge >= 0.3 is 6.09 Å². The van der Waals surface area contributed by atoms with Crippen molar-refractivity contribution < 1.29 is 13.7 Å². The lowest BCUT2D eigenvalue weighted by Crippen LogP contribution is -2.32. The molecule has 7 nitrogen and oxygen atoms in total. The number of amides is 1. The maximum Gasteiger partial charge on any atom is 0.407 e. The lowest BCUT2D eigenvalue weighted by Gasteiger charge is -2.19. The second-order valence-electron chi connectivity index (χ2n) is 7.13. The molecule has 0 fully saturated rings. The number of hydrogen-bond donors (Lipinski definition) is 1. The normalized spacial score (nSPS) is 12.7. The molecule has 0 saturated carbocycles. The number of nitrogens with one attached hydrogen (secondary N) is 1. The number of aromatic nitrogens is 3. The first-order valence-electron chi connectivity index (χ1n) is 8.52. The van der Waals surface area contributed by atoms with E-state index in [1.165, 1.54) is 0 Å². The number of fused-ring (bicyclic) bond motifs is 1. The minimum Gasteiger partial charge on any atom is -0.444 e. The van der Waals surface area contributed by atoms with Crippen molar-refractivity contribution in [2.45, 2.75) is 44.7 Å². The summed E-state index contributed by atoms with van der Waals surface area (Å²) in [5.41, 5.74) is 2.27. The first kappa shape index (κ1) is 19.0. The number of aryl methyl sites for hydroxylation is 1. The van der Waals surface area contributed by atoms with Gasteiger partial charge < -0.3 is 10.1 Å². The molecule has 0 aliphatic carbocycles. The molecular formula is C19H22N4O3S. The molecule has 1 amide bonds. The van der Waals surface area contributed by atoms with Crippen LogP contribution in [0.25, 0.3) is 11.2 Å². The minimum atomic E-state index is -1.40. The van der Waals surface area contributed by atoms with Gasteiger partial charge in [0.05, 0.1) is 23.3 Å². The topological polar surface area (TPSA) is 86.1 Å². The maximum atomic E-state index is 12.8. The first-order chi connectivity index (χ1) is 12.7. The number of rotatable bonds is 4. The highest BCUT2D eigenvalue weighted by molar-refractivity contribution is 7.83. The van der Waals surface area contributed by atoms with Crippen LogP contribution in [0, 0.1) is 6.92 Å². The Morgan fingerprint density at radius 1 is 1.22 bits per heavy atom. The van der Waals surface area contributed by atoms with Gasteiger partial charge in [-0.1, -0.05) is 17.7 Å². The fourth-order valence-electron chi connectivity index (χ4n) is 2.39. The second kappa shape index (κ2) is 7.48. The molecule has 0 radical (unpaired) electrons. The molecule has 0 aliphatic heterocycles. The van der Waals surface area contributed by atoms with Crippen LogP contribution in [0.1, 0.15) is 32.0 Å². The smallest absolute Gasteiger partial charge is 0.407 e. The van der Waals surface area contributed by atoms with Gasteiger partial charge in [0.1, 0.15) is 11.1 Å². The van der Waals surface area contributed by atoms with Crippen molar-refractivity contribution in [3.05, 3.63) is 54.0 Å². The Hall–Kier alpha value is -2.74. The van der Waals surface area contributed by atoms with E-state index in [0.29, 0.717) is 21.8 Å². The summed E-state index contributed by atoms with van der Waals surface area (Å²) in [6.45, 7) is 7.58. The van der Waals surface area contributed by atoms with Crippen LogP contribution < -0.4 is 5.32 Å². The van der Waals surface area contributed by atoms with E-state index in [2.05, 4.69) is 15.3 Å². The third-order valence-electron chi connectivity index (χ3n) is 3.62. The van der Waals surface area contributed by atoms with Crippen molar-refractivity contribution in [1.29, 1.82) is 0 Å². The van der Waals surface area contributed by atoms with Crippen molar-refractivity contribution in [2.24, 2.45) is 0 Å². The molecular weight excluding hydrogens is 364 g/mol. The lowest BCUT2D eigenvalue weighted by molar-refractivity contribution is 0.0523. The van der Waals surface area contributed by atoms with Gasteiger partial charge in [-0.25, -0.2) is 22.9 Å². The van der Waals surface area contributed by atoms with Gasteiger partial charge in [-0.3, -0.25) is 0 Å². The Labute approximate surface area is 160 Å². The Balaban J connectivity index is 1.75. The van der Waals surface area contributed by atoms with E-state index in [1.807, 2.05) is 31.2 Å². The van der Waals surface area contributed by atoms with Gasteiger partial charge in [0.25, 0.3) is 0 Å². The molecule has 1 atom stereocenters. The third-order valence-corrected chi connectivity index (χ3v) is 4.95. The van der Waals surface area contributed by atoms with Crippen molar-refractivity contribution >= 4 is 28.2 Å². The zero-order valence-electron chi connectivity index (χ0n) is 15.7. The zero-order chi connectivity index (χ0) is 19.6. The average Bonchev–Trinajstić information content (AvgIpc) is 3.01. The summed E-state index contributed by atoms with van der Waals surface area (Å²) >= 11 is 0. The van der Waals surface area contributed by atoms with Crippen LogP contribution in [0.15, 0.2) is 47.6 Å². The minimum absolute atomic E-state index is 0.198. The van der Waals surface area contributed by atoms with Crippen LogP contribution in [0.5, 0.6) is 0 Å². The number of alkyl carbamates (subject to hydrolysis) is 1. The molecule has 8 heteroatoms. The Morgan fingerprint density at radius 3 is 2.59 bits per heavy atom. The highest BCUT2D eigenvalue weighted by Gasteiger charge is 2.16. The molecule has 0 spiro atoms. The van der Waals surface area contributed by atoms with E-state index < -0.39 is 22.7 Å². The van der Waals surface area contributed by atoms with Crippen LogP contribution in [-0.2, 0) is 22.3 Å². The number of benzene rings is 1. The number of ether oxygens (including phenoxy) is 1. The lowest BCUT2D eigenvalue weighted by atomic mass is 10.2. The number of nitrogens with zero attached hydrogens (tertiary/aromatic N) is 3. The predicted octanol–water partition coefficient (Wildman–Crippen LogP) is 3.34. The highest BCUT2D eigenvalue weighted by Crippen LogP contribution is 2.17. The van der Waals surface area contributed by atoms with E-state index in [1.54, 1.807) is 43.2 Å². The van der Waals surface area contributed by atoms with E-state index >= 15 is 0 Å². The molecule has 0 aliphatic rings. The van der Waals surface area contributed by atoms with Gasteiger partial charge in [0.15, 0.2) is 16.6 Å². The first-order valence-corrected chi connectivity index (χ1v) is 9.62. The van der Waals surface area contributed by atoms with Crippen molar-refractivity contribution in [3.63, 3.8) is 0 Å². The second-order valence-corrected chi connectivity index (χ2v) is 8.49. The quantitative estimate of drug-likeness (QED) is 0.743. The fourth-order valence-corrected chi connectivity index (χ4v) is 3.46. The predicted molar refractivity (Wildman–Crippen MR) is 104 cm³/mol. The van der Waals surface area contributed by atoms with Crippen LogP contribution in [0.3, 0.4) is 0 Å². The Bertz CT molecular complexity index is 990. The van der Waals surface area contributed by atoms with Crippen LogP contribution in [0.2, 0.25) is 0 Å². The zero-order valence-corrected chi connectivity index (χ0v) is 16.5. The summed E-state index contributed by atoms with van der Waals surface area (Å²) in [4.78, 5) is 21.3. The van der Waals surface area contributed by atoms with Crippen molar-refractivity contribution in [3.8, 4) is 0 Å². The van der Waals surface area contributed by atoms with E-state index in [-0.39, 0.29) is 6.54 Å². The monoisotopic (exact) mass is 386 g/mol. The molecule has 0 saturated heterocycles. The Kier molecular flexibility index (Phi) is 5.27. The summed E-state index contributed by atoms with van der Waals surface area (Å²) in [7, 11) is -1.40. The molecule has 2 aromatic heterocycles. The average molecular weight is 386 g/mol. The molecule has 3 rings (SSSR count). The maximum absolute atomic E-state index is 12.8. The van der Waals surface area contributed by atoms with Crippen LogP contribution in [0.4, 0.5) is 4.79 Å². The summed E-state index contributed by atoms with van der Waals surface area (Å²) in [6, 6.07) is 9.27. The molecule has 27 heavy (non-hydrogen) atoms. The molecule has 2 heterocycles. The largest absolute Gasteiger partial charge is 0.444 e. The molecule has 1 unspecified atom stereocenters. The standard InChI is InChI=1S/C19H22N4O3S/c1-13-5-7-15(8-6-13)27(25)23-10-9-16-17(23)20-11-14(22-16)12-21-18(24)26-19(2,3)4/h5-11H,12H2,1-4H3,(H,21,24). The van der Waals surface area contributed by atoms with Gasteiger partial charge in [-0.05, 0) is 45.9 Å². The van der Waals surface area contributed by atoms with Gasteiger partial charge in [-0.15, -0.1) is 0 Å². The highest BCUT2D eigenvalue weighted by atomic mass is 32.2. The van der Waals surface area contributed by atoms with Gasteiger partial charge in [0.2, 0.25) is 0 Å². The molecule has 3 aromatic rings. The van der Waals surface area contributed by atoms with Gasteiger partial charge in [-0.2, -0.15) is 0 Å². The van der Waals surface area contributed by atoms with E-state index in [9.17, 15) is 9.00 Å². The number of carbonyl (C=O) groups excluding carboxylic acids is 1. The molecule has 142 valence electrons.